The Labute approximate surface area is 125 Å². The average molecular weight is 320 g/mol. The van der Waals surface area contributed by atoms with Crippen molar-refractivity contribution >= 4 is 21.0 Å². The normalized spacial score (nSPS) is 11.9. The van der Waals surface area contributed by atoms with Crippen LogP contribution in [0.5, 0.6) is 0 Å². The van der Waals surface area contributed by atoms with E-state index in [0.29, 0.717) is 22.4 Å². The molecule has 3 aromatic rings. The van der Waals surface area contributed by atoms with Crippen molar-refractivity contribution in [1.82, 2.24) is 9.88 Å². The number of sulfonamides is 1. The molecule has 3 rings (SSSR count). The molecule has 0 spiro atoms. The standard InChI is InChI=1S/C14H12N2O5S/c1-9-6-11(21-16-9)8-15-22(18,19)12-3-4-13-10(7-12)2-5-14(17)20-13/h2-7,15H,8H2,1H3. The summed E-state index contributed by atoms with van der Waals surface area (Å²) in [6, 6.07) is 8.66. The van der Waals surface area contributed by atoms with Crippen LogP contribution < -0.4 is 10.3 Å². The second kappa shape index (κ2) is 5.39. The van der Waals surface area contributed by atoms with E-state index in [4.69, 9.17) is 8.94 Å². The molecule has 0 saturated heterocycles. The topological polar surface area (TPSA) is 102 Å². The molecule has 2 aromatic heterocycles. The van der Waals surface area contributed by atoms with Gasteiger partial charge in [0.2, 0.25) is 10.0 Å². The van der Waals surface area contributed by atoms with E-state index in [-0.39, 0.29) is 11.4 Å². The molecule has 7 nitrogen and oxygen atoms in total. The maximum Gasteiger partial charge on any atom is 0.336 e. The van der Waals surface area contributed by atoms with Crippen LogP contribution >= 0.6 is 0 Å². The van der Waals surface area contributed by atoms with Gasteiger partial charge in [-0.3, -0.25) is 0 Å². The predicted molar refractivity (Wildman–Crippen MR) is 77.7 cm³/mol. The van der Waals surface area contributed by atoms with E-state index in [1.165, 1.54) is 30.3 Å². The summed E-state index contributed by atoms with van der Waals surface area (Å²) in [5, 5.41) is 4.21. The summed E-state index contributed by atoms with van der Waals surface area (Å²) >= 11 is 0. The predicted octanol–water partition coefficient (Wildman–Crippen LogP) is 1.57. The van der Waals surface area contributed by atoms with Gasteiger partial charge >= 0.3 is 5.63 Å². The molecule has 0 bridgehead atoms. The number of hydrogen-bond acceptors (Lipinski definition) is 6. The summed E-state index contributed by atoms with van der Waals surface area (Å²) in [4.78, 5) is 11.2. The van der Waals surface area contributed by atoms with Gasteiger partial charge in [-0.1, -0.05) is 5.16 Å². The molecule has 0 aliphatic carbocycles. The van der Waals surface area contributed by atoms with Crippen LogP contribution in [0.4, 0.5) is 0 Å². The zero-order valence-electron chi connectivity index (χ0n) is 11.6. The lowest BCUT2D eigenvalue weighted by molar-refractivity contribution is 0.377. The lowest BCUT2D eigenvalue weighted by Crippen LogP contribution is -2.23. The lowest BCUT2D eigenvalue weighted by Gasteiger charge is -2.05. The van der Waals surface area contributed by atoms with E-state index in [2.05, 4.69) is 9.88 Å². The van der Waals surface area contributed by atoms with Gasteiger partial charge in [0.1, 0.15) is 5.58 Å². The molecule has 0 radical (unpaired) electrons. The largest absolute Gasteiger partial charge is 0.423 e. The monoisotopic (exact) mass is 320 g/mol. The molecule has 1 aromatic carbocycles. The number of aryl methyl sites for hydroxylation is 1. The Balaban J connectivity index is 1.88. The summed E-state index contributed by atoms with van der Waals surface area (Å²) < 4.78 is 36.9. The van der Waals surface area contributed by atoms with E-state index in [1.54, 1.807) is 13.0 Å². The Morgan fingerprint density at radius 1 is 1.18 bits per heavy atom. The van der Waals surface area contributed by atoms with Crippen molar-refractivity contribution in [2.75, 3.05) is 0 Å². The Morgan fingerprint density at radius 2 is 2.00 bits per heavy atom. The van der Waals surface area contributed by atoms with E-state index in [9.17, 15) is 13.2 Å². The van der Waals surface area contributed by atoms with Gasteiger partial charge in [0.05, 0.1) is 17.1 Å². The summed E-state index contributed by atoms with van der Waals surface area (Å²) in [5.74, 6) is 0.424. The van der Waals surface area contributed by atoms with Crippen LogP contribution in [0.3, 0.4) is 0 Å². The minimum Gasteiger partial charge on any atom is -0.423 e. The third-order valence-electron chi connectivity index (χ3n) is 3.01. The molecule has 0 saturated carbocycles. The van der Waals surface area contributed by atoms with Gasteiger partial charge in [-0.05, 0) is 31.2 Å². The zero-order chi connectivity index (χ0) is 15.7. The van der Waals surface area contributed by atoms with E-state index >= 15 is 0 Å². The number of nitrogens with one attached hydrogen (secondary N) is 1. The highest BCUT2D eigenvalue weighted by molar-refractivity contribution is 7.89. The second-order valence-corrected chi connectivity index (χ2v) is 6.48. The van der Waals surface area contributed by atoms with E-state index in [1.807, 2.05) is 0 Å². The van der Waals surface area contributed by atoms with Gasteiger partial charge in [0, 0.05) is 17.5 Å². The van der Waals surface area contributed by atoms with Crippen molar-refractivity contribution in [2.24, 2.45) is 0 Å². The van der Waals surface area contributed by atoms with Crippen molar-refractivity contribution < 1.29 is 17.4 Å². The Hall–Kier alpha value is -2.45. The van der Waals surface area contributed by atoms with Crippen LogP contribution in [0.1, 0.15) is 11.5 Å². The molecule has 0 aliphatic rings. The molecule has 22 heavy (non-hydrogen) atoms. The fourth-order valence-electron chi connectivity index (χ4n) is 1.97. The molecular formula is C14H12N2O5S. The second-order valence-electron chi connectivity index (χ2n) is 4.71. The van der Waals surface area contributed by atoms with Crippen molar-refractivity contribution in [3.8, 4) is 0 Å². The van der Waals surface area contributed by atoms with E-state index < -0.39 is 15.6 Å². The van der Waals surface area contributed by atoms with Crippen LogP contribution in [-0.4, -0.2) is 13.6 Å². The van der Waals surface area contributed by atoms with Crippen LogP contribution in [0.25, 0.3) is 11.0 Å². The molecule has 0 fully saturated rings. The quantitative estimate of drug-likeness (QED) is 0.732. The van der Waals surface area contributed by atoms with Crippen molar-refractivity contribution in [2.45, 2.75) is 18.4 Å². The first-order valence-corrected chi connectivity index (χ1v) is 7.88. The maximum atomic E-state index is 12.3. The summed E-state index contributed by atoms with van der Waals surface area (Å²) in [7, 11) is -3.71. The molecule has 2 heterocycles. The fraction of sp³-hybridized carbons (Fsp3) is 0.143. The van der Waals surface area contributed by atoms with Gasteiger partial charge in [0.15, 0.2) is 5.76 Å². The molecule has 114 valence electrons. The van der Waals surface area contributed by atoms with Crippen LogP contribution in [0, 0.1) is 6.92 Å². The molecule has 1 N–H and O–H groups in total. The Morgan fingerprint density at radius 3 is 2.73 bits per heavy atom. The minimum absolute atomic E-state index is 0.00504. The highest BCUT2D eigenvalue weighted by Gasteiger charge is 2.16. The van der Waals surface area contributed by atoms with Crippen LogP contribution in [-0.2, 0) is 16.6 Å². The SMILES string of the molecule is Cc1cc(CNS(=O)(=O)c2ccc3oc(=O)ccc3c2)on1. The third-order valence-corrected chi connectivity index (χ3v) is 4.41. The first kappa shape index (κ1) is 14.5. The van der Waals surface area contributed by atoms with Gasteiger partial charge in [0.25, 0.3) is 0 Å². The molecule has 8 heteroatoms. The zero-order valence-corrected chi connectivity index (χ0v) is 12.4. The van der Waals surface area contributed by atoms with Crippen LogP contribution in [0.15, 0.2) is 55.0 Å². The molecule has 0 amide bonds. The number of rotatable bonds is 4. The highest BCUT2D eigenvalue weighted by atomic mass is 32.2. The Bertz CT molecular complexity index is 988. The van der Waals surface area contributed by atoms with Gasteiger partial charge in [-0.25, -0.2) is 17.9 Å². The molecular weight excluding hydrogens is 308 g/mol. The summed E-state index contributed by atoms with van der Waals surface area (Å²) in [6.07, 6.45) is 0. The van der Waals surface area contributed by atoms with Crippen molar-refractivity contribution in [3.63, 3.8) is 0 Å². The average Bonchev–Trinajstić information content (AvgIpc) is 2.90. The molecule has 0 aliphatic heterocycles. The van der Waals surface area contributed by atoms with E-state index in [0.717, 1.165) is 0 Å². The summed E-state index contributed by atoms with van der Waals surface area (Å²) in [5.41, 5.74) is 0.522. The minimum atomic E-state index is -3.71. The highest BCUT2D eigenvalue weighted by Crippen LogP contribution is 2.18. The molecule has 0 atom stereocenters. The number of benzene rings is 1. The smallest absolute Gasteiger partial charge is 0.336 e. The van der Waals surface area contributed by atoms with Gasteiger partial charge in [-0.2, -0.15) is 0 Å². The first-order valence-electron chi connectivity index (χ1n) is 6.40. The summed E-state index contributed by atoms with van der Waals surface area (Å²) in [6.45, 7) is 1.75. The third kappa shape index (κ3) is 2.92. The van der Waals surface area contributed by atoms with Gasteiger partial charge < -0.3 is 8.94 Å². The van der Waals surface area contributed by atoms with Crippen molar-refractivity contribution in [1.29, 1.82) is 0 Å². The van der Waals surface area contributed by atoms with Crippen molar-refractivity contribution in [3.05, 3.63) is 58.3 Å². The first-order chi connectivity index (χ1) is 10.4. The number of fused-ring (bicyclic) bond motifs is 1. The fourth-order valence-corrected chi connectivity index (χ4v) is 2.99. The number of hydrogen-bond donors (Lipinski definition) is 1. The number of nitrogens with zero attached hydrogens (tertiary/aromatic N) is 1. The van der Waals surface area contributed by atoms with Crippen LogP contribution in [0.2, 0.25) is 0 Å². The molecule has 0 unspecified atom stereocenters. The lowest BCUT2D eigenvalue weighted by atomic mass is 10.2. The van der Waals surface area contributed by atoms with Gasteiger partial charge in [-0.15, -0.1) is 0 Å². The maximum absolute atomic E-state index is 12.3. The Kier molecular flexibility index (Phi) is 3.55. The number of aromatic nitrogens is 1.